The van der Waals surface area contributed by atoms with Gasteiger partial charge in [0.25, 0.3) is 0 Å². The highest BCUT2D eigenvalue weighted by Gasteiger charge is 2.55. The Bertz CT molecular complexity index is 652. The third kappa shape index (κ3) is 1.69. The van der Waals surface area contributed by atoms with E-state index in [0.29, 0.717) is 21.8 Å². The van der Waals surface area contributed by atoms with Gasteiger partial charge in [0.1, 0.15) is 0 Å². The molecule has 104 valence electrons. The minimum atomic E-state index is 0.306. The summed E-state index contributed by atoms with van der Waals surface area (Å²) in [5, 5.41) is 5.37. The second kappa shape index (κ2) is 4.40. The fraction of sp³-hybridized carbons (Fsp3) is 0.400. The molecule has 0 saturated heterocycles. The van der Waals surface area contributed by atoms with Crippen LogP contribution in [0.2, 0.25) is 10.0 Å². The lowest BCUT2D eigenvalue weighted by atomic mass is 9.99. The van der Waals surface area contributed by atoms with E-state index in [2.05, 4.69) is 5.16 Å². The number of halogens is 2. The van der Waals surface area contributed by atoms with Gasteiger partial charge in [0.15, 0.2) is 0 Å². The summed E-state index contributed by atoms with van der Waals surface area (Å²) in [5.41, 5.74) is 8.45. The Hall–Kier alpha value is -1.19. The Morgan fingerprint density at radius 1 is 1.10 bits per heavy atom. The topological polar surface area (TPSA) is 52.0 Å². The quantitative estimate of drug-likeness (QED) is 0.871. The third-order valence-corrected chi connectivity index (χ3v) is 5.31. The fourth-order valence-corrected chi connectivity index (χ4v) is 4.34. The van der Waals surface area contributed by atoms with Gasteiger partial charge in [-0.05, 0) is 36.8 Å². The molecule has 1 aromatic heterocycles. The number of fused-ring (bicyclic) bond motifs is 1. The second-order valence-electron chi connectivity index (χ2n) is 5.69. The molecule has 0 aliphatic heterocycles. The Morgan fingerprint density at radius 2 is 1.75 bits per heavy atom. The molecule has 5 heteroatoms. The maximum absolute atomic E-state index is 6.30. The van der Waals surface area contributed by atoms with E-state index in [-0.39, 0.29) is 0 Å². The number of benzene rings is 1. The third-order valence-electron chi connectivity index (χ3n) is 4.68. The van der Waals surface area contributed by atoms with E-state index in [1.54, 1.807) is 0 Å². The zero-order valence-electron chi connectivity index (χ0n) is 10.8. The summed E-state index contributed by atoms with van der Waals surface area (Å²) in [7, 11) is 0. The zero-order chi connectivity index (χ0) is 13.9. The molecule has 2 unspecified atom stereocenters. The first-order valence-corrected chi connectivity index (χ1v) is 7.63. The van der Waals surface area contributed by atoms with Crippen molar-refractivity contribution in [1.29, 1.82) is 0 Å². The molecule has 2 fully saturated rings. The largest absolute Gasteiger partial charge is 0.367 e. The highest BCUT2D eigenvalue weighted by atomic mass is 35.5. The van der Waals surface area contributed by atoms with Gasteiger partial charge in [0, 0.05) is 11.5 Å². The lowest BCUT2D eigenvalue weighted by Gasteiger charge is -2.08. The summed E-state index contributed by atoms with van der Waals surface area (Å²) in [6, 6.07) is 5.45. The lowest BCUT2D eigenvalue weighted by Crippen LogP contribution is -1.94. The van der Waals surface area contributed by atoms with Crippen LogP contribution in [0.5, 0.6) is 0 Å². The van der Waals surface area contributed by atoms with E-state index in [1.807, 2.05) is 18.2 Å². The van der Waals surface area contributed by atoms with Crippen LogP contribution in [0.4, 0.5) is 5.88 Å². The number of aromatic nitrogens is 1. The average molecular weight is 309 g/mol. The molecule has 2 aliphatic rings. The van der Waals surface area contributed by atoms with Crippen molar-refractivity contribution in [3.8, 4) is 11.1 Å². The summed E-state index contributed by atoms with van der Waals surface area (Å²) in [6.07, 6.45) is 3.87. The zero-order valence-corrected chi connectivity index (χ0v) is 12.3. The van der Waals surface area contributed by atoms with E-state index in [0.717, 1.165) is 28.7 Å². The van der Waals surface area contributed by atoms with Gasteiger partial charge in [-0.3, -0.25) is 0 Å². The van der Waals surface area contributed by atoms with Gasteiger partial charge in [-0.15, -0.1) is 0 Å². The minimum absolute atomic E-state index is 0.306. The van der Waals surface area contributed by atoms with Crippen molar-refractivity contribution in [1.82, 2.24) is 5.16 Å². The maximum Gasteiger partial charge on any atom is 0.230 e. The summed E-state index contributed by atoms with van der Waals surface area (Å²) in [6.45, 7) is 0. The Kier molecular flexibility index (Phi) is 2.76. The molecule has 0 radical (unpaired) electrons. The van der Waals surface area contributed by atoms with Crippen LogP contribution in [-0.4, -0.2) is 5.16 Å². The Balaban J connectivity index is 1.84. The maximum atomic E-state index is 6.30. The summed E-state index contributed by atoms with van der Waals surface area (Å²) in [4.78, 5) is 0. The molecule has 2 aliphatic carbocycles. The van der Waals surface area contributed by atoms with E-state index >= 15 is 0 Å². The lowest BCUT2D eigenvalue weighted by molar-refractivity contribution is 0.424. The normalized spacial score (nSPS) is 27.6. The van der Waals surface area contributed by atoms with Crippen molar-refractivity contribution in [2.24, 2.45) is 11.8 Å². The van der Waals surface area contributed by atoms with Crippen molar-refractivity contribution in [3.63, 3.8) is 0 Å². The summed E-state index contributed by atoms with van der Waals surface area (Å²) in [5.74, 6) is 2.24. The standard InChI is InChI=1S/C15H14Cl2N2O/c16-9-5-2-6-10(17)12(9)13-14(19-20-15(13)18)11-7-3-1-4-8(7)11/h2,5-8,11H,1,3-4,18H2. The molecular weight excluding hydrogens is 295 g/mol. The first-order chi connectivity index (χ1) is 9.68. The van der Waals surface area contributed by atoms with E-state index in [4.69, 9.17) is 33.5 Å². The van der Waals surface area contributed by atoms with Crippen molar-refractivity contribution in [3.05, 3.63) is 33.9 Å². The first kappa shape index (κ1) is 12.5. The molecule has 2 saturated carbocycles. The number of anilines is 1. The molecule has 1 heterocycles. The van der Waals surface area contributed by atoms with Gasteiger partial charge in [-0.25, -0.2) is 0 Å². The molecule has 1 aromatic carbocycles. The van der Waals surface area contributed by atoms with Crippen LogP contribution in [-0.2, 0) is 0 Å². The van der Waals surface area contributed by atoms with Crippen LogP contribution >= 0.6 is 23.2 Å². The van der Waals surface area contributed by atoms with Crippen LogP contribution < -0.4 is 5.73 Å². The molecule has 2 N–H and O–H groups in total. The Morgan fingerprint density at radius 3 is 2.40 bits per heavy atom. The van der Waals surface area contributed by atoms with Crippen molar-refractivity contribution in [2.75, 3.05) is 5.73 Å². The molecule has 2 aromatic rings. The number of hydrogen-bond donors (Lipinski definition) is 1. The SMILES string of the molecule is Nc1onc(C2C3CCCC32)c1-c1c(Cl)cccc1Cl. The molecule has 0 spiro atoms. The van der Waals surface area contributed by atoms with Gasteiger partial charge in [-0.2, -0.15) is 0 Å². The number of nitrogens with zero attached hydrogens (tertiary/aromatic N) is 1. The van der Waals surface area contributed by atoms with Gasteiger partial charge in [0.2, 0.25) is 5.88 Å². The highest BCUT2D eigenvalue weighted by molar-refractivity contribution is 6.39. The number of nitrogen functional groups attached to an aromatic ring is 1. The molecule has 3 nitrogen and oxygen atoms in total. The van der Waals surface area contributed by atoms with Gasteiger partial charge < -0.3 is 10.3 Å². The predicted octanol–water partition coefficient (Wildman–Crippen LogP) is 4.74. The van der Waals surface area contributed by atoms with Crippen LogP contribution in [0.25, 0.3) is 11.1 Å². The monoisotopic (exact) mass is 308 g/mol. The Labute approximate surface area is 127 Å². The van der Waals surface area contributed by atoms with Crippen molar-refractivity contribution >= 4 is 29.1 Å². The summed E-state index contributed by atoms with van der Waals surface area (Å²) < 4.78 is 5.24. The smallest absolute Gasteiger partial charge is 0.230 e. The minimum Gasteiger partial charge on any atom is -0.367 e. The van der Waals surface area contributed by atoms with Gasteiger partial charge in [-0.1, -0.05) is 40.8 Å². The second-order valence-corrected chi connectivity index (χ2v) is 6.50. The first-order valence-electron chi connectivity index (χ1n) is 6.88. The molecular formula is C15H14Cl2N2O. The number of nitrogens with two attached hydrogens (primary N) is 1. The molecule has 4 rings (SSSR count). The number of rotatable bonds is 2. The fourth-order valence-electron chi connectivity index (χ4n) is 3.76. The van der Waals surface area contributed by atoms with E-state index < -0.39 is 0 Å². The van der Waals surface area contributed by atoms with Gasteiger partial charge >= 0.3 is 0 Å². The van der Waals surface area contributed by atoms with Gasteiger partial charge in [0.05, 0.1) is 21.3 Å². The molecule has 0 amide bonds. The van der Waals surface area contributed by atoms with Crippen LogP contribution in [0.3, 0.4) is 0 Å². The molecule has 0 bridgehead atoms. The number of hydrogen-bond acceptors (Lipinski definition) is 3. The van der Waals surface area contributed by atoms with Crippen LogP contribution in [0.1, 0.15) is 30.9 Å². The van der Waals surface area contributed by atoms with Crippen LogP contribution in [0.15, 0.2) is 22.7 Å². The van der Waals surface area contributed by atoms with Crippen molar-refractivity contribution < 1.29 is 4.52 Å². The highest BCUT2D eigenvalue weighted by Crippen LogP contribution is 2.64. The van der Waals surface area contributed by atoms with E-state index in [1.165, 1.54) is 19.3 Å². The molecule has 2 atom stereocenters. The predicted molar refractivity (Wildman–Crippen MR) is 79.9 cm³/mol. The van der Waals surface area contributed by atoms with Crippen LogP contribution in [0, 0.1) is 11.8 Å². The van der Waals surface area contributed by atoms with Crippen molar-refractivity contribution in [2.45, 2.75) is 25.2 Å². The average Bonchev–Trinajstić information content (AvgIpc) is 2.76. The van der Waals surface area contributed by atoms with E-state index in [9.17, 15) is 0 Å². The molecule has 20 heavy (non-hydrogen) atoms. The summed E-state index contributed by atoms with van der Waals surface area (Å²) >= 11 is 12.6.